The van der Waals surface area contributed by atoms with Crippen LogP contribution >= 0.6 is 0 Å². The molecule has 1 N–H and O–H groups in total. The van der Waals surface area contributed by atoms with Crippen molar-refractivity contribution in [3.63, 3.8) is 0 Å². The Balaban J connectivity index is 2.13. The molecule has 1 aromatic rings. The molecule has 0 saturated carbocycles. The van der Waals surface area contributed by atoms with Gasteiger partial charge in [0.05, 0.1) is 12.2 Å². The van der Waals surface area contributed by atoms with Gasteiger partial charge in [0, 0.05) is 0 Å². The molecule has 0 radical (unpaired) electrons. The van der Waals surface area contributed by atoms with Gasteiger partial charge in [-0.25, -0.2) is 4.79 Å². The molecular weight excluding hydrogens is 352 g/mol. The third kappa shape index (κ3) is 9.34. The third-order valence-corrected chi connectivity index (χ3v) is 5.28. The molecule has 0 bridgehead atoms. The Bertz CT molecular complexity index is 625. The van der Waals surface area contributed by atoms with Crippen molar-refractivity contribution in [1.82, 2.24) is 0 Å². The first kappa shape index (κ1) is 22.6. The molecule has 0 aromatic heterocycles. The first-order valence-corrected chi connectivity index (χ1v) is 11.1. The number of carbonyl (C=O) groups is 1. The molecular formula is C20H32O5S. The average molecular weight is 385 g/mol. The molecule has 0 aliphatic heterocycles. The minimum Gasteiger partial charge on any atom is -0.462 e. The van der Waals surface area contributed by atoms with E-state index < -0.39 is 21.0 Å². The maximum Gasteiger partial charge on any atom is 0.339 e. The number of rotatable bonds is 14. The van der Waals surface area contributed by atoms with Gasteiger partial charge in [0.1, 0.15) is 4.90 Å². The summed E-state index contributed by atoms with van der Waals surface area (Å²) in [4.78, 5) is 11.6. The molecule has 0 saturated heterocycles. The molecule has 1 rings (SSSR count). The van der Waals surface area contributed by atoms with Crippen LogP contribution in [0.1, 0.15) is 87.9 Å². The van der Waals surface area contributed by atoms with E-state index in [4.69, 9.17) is 9.29 Å². The Kier molecular flexibility index (Phi) is 11.2. The smallest absolute Gasteiger partial charge is 0.339 e. The zero-order valence-electron chi connectivity index (χ0n) is 15.8. The lowest BCUT2D eigenvalue weighted by Gasteiger charge is -2.08. The number of esters is 1. The van der Waals surface area contributed by atoms with Crippen LogP contribution in [-0.4, -0.2) is 25.5 Å². The minimum atomic E-state index is -4.44. The van der Waals surface area contributed by atoms with Crippen molar-refractivity contribution in [1.29, 1.82) is 0 Å². The molecule has 0 heterocycles. The van der Waals surface area contributed by atoms with Crippen LogP contribution in [0.2, 0.25) is 0 Å². The molecule has 0 atom stereocenters. The summed E-state index contributed by atoms with van der Waals surface area (Å²) in [5.74, 6) is -0.717. The van der Waals surface area contributed by atoms with Crippen LogP contribution in [0, 0.1) is 0 Å². The first-order chi connectivity index (χ1) is 12.5. The highest BCUT2D eigenvalue weighted by Gasteiger charge is 2.20. The predicted molar refractivity (Wildman–Crippen MR) is 103 cm³/mol. The van der Waals surface area contributed by atoms with Crippen LogP contribution in [0.25, 0.3) is 0 Å². The monoisotopic (exact) mass is 384 g/mol. The third-order valence-electron chi connectivity index (χ3n) is 4.37. The number of carbonyl (C=O) groups excluding carboxylic acids is 1. The van der Waals surface area contributed by atoms with Crippen molar-refractivity contribution in [2.45, 2.75) is 82.4 Å². The zero-order chi connectivity index (χ0) is 19.3. The second kappa shape index (κ2) is 12.9. The zero-order valence-corrected chi connectivity index (χ0v) is 16.6. The van der Waals surface area contributed by atoms with E-state index in [0.717, 1.165) is 19.3 Å². The maximum absolute atomic E-state index is 12.0. The summed E-state index contributed by atoms with van der Waals surface area (Å²) in [5.41, 5.74) is -0.127. The lowest BCUT2D eigenvalue weighted by molar-refractivity contribution is 0.0492. The van der Waals surface area contributed by atoms with Crippen LogP contribution in [-0.2, 0) is 14.9 Å². The Hall–Kier alpha value is -1.40. The van der Waals surface area contributed by atoms with Gasteiger partial charge >= 0.3 is 5.97 Å². The largest absolute Gasteiger partial charge is 0.462 e. The summed E-state index contributed by atoms with van der Waals surface area (Å²) in [6.07, 6.45) is 13.3. The van der Waals surface area contributed by atoms with Gasteiger partial charge < -0.3 is 4.74 Å². The second-order valence-electron chi connectivity index (χ2n) is 6.64. The molecule has 0 amide bonds. The average Bonchev–Trinajstić information content (AvgIpc) is 2.61. The molecule has 6 heteroatoms. The van der Waals surface area contributed by atoms with Crippen LogP contribution in [0.4, 0.5) is 0 Å². The standard InChI is InChI=1S/C20H32O5S/c1-2-3-4-5-6-7-8-9-10-11-14-17-25-20(21)18-15-12-13-16-19(18)26(22,23)24/h12-13,15-16H,2-11,14,17H2,1H3,(H,22,23,24). The van der Waals surface area contributed by atoms with E-state index in [2.05, 4.69) is 6.92 Å². The fourth-order valence-electron chi connectivity index (χ4n) is 2.87. The van der Waals surface area contributed by atoms with Crippen LogP contribution in [0.3, 0.4) is 0 Å². The van der Waals surface area contributed by atoms with Gasteiger partial charge in [-0.05, 0) is 18.6 Å². The highest BCUT2D eigenvalue weighted by molar-refractivity contribution is 7.86. The van der Waals surface area contributed by atoms with Crippen molar-refractivity contribution in [2.24, 2.45) is 0 Å². The van der Waals surface area contributed by atoms with Crippen LogP contribution in [0.15, 0.2) is 29.2 Å². The van der Waals surface area contributed by atoms with Gasteiger partial charge in [-0.3, -0.25) is 4.55 Å². The number of unbranched alkanes of at least 4 members (excludes halogenated alkanes) is 10. The molecule has 0 aliphatic rings. The molecule has 0 spiro atoms. The van der Waals surface area contributed by atoms with Crippen molar-refractivity contribution in [3.8, 4) is 0 Å². The topological polar surface area (TPSA) is 80.7 Å². The van der Waals surface area contributed by atoms with E-state index in [1.165, 1.54) is 75.6 Å². The van der Waals surface area contributed by atoms with Crippen LogP contribution < -0.4 is 0 Å². The molecule has 0 fully saturated rings. The molecule has 148 valence electrons. The van der Waals surface area contributed by atoms with Crippen LogP contribution in [0.5, 0.6) is 0 Å². The molecule has 1 aromatic carbocycles. The molecule has 5 nitrogen and oxygen atoms in total. The van der Waals surface area contributed by atoms with Gasteiger partial charge in [0.25, 0.3) is 10.1 Å². The van der Waals surface area contributed by atoms with E-state index in [1.54, 1.807) is 0 Å². The molecule has 0 unspecified atom stereocenters. The first-order valence-electron chi connectivity index (χ1n) is 9.70. The summed E-state index contributed by atoms with van der Waals surface area (Å²) < 4.78 is 36.8. The highest BCUT2D eigenvalue weighted by Crippen LogP contribution is 2.16. The Morgan fingerprint density at radius 1 is 0.885 bits per heavy atom. The summed E-state index contributed by atoms with van der Waals surface area (Å²) in [7, 11) is -4.44. The van der Waals surface area contributed by atoms with E-state index in [1.807, 2.05) is 0 Å². The number of benzene rings is 1. The quantitative estimate of drug-likeness (QED) is 0.264. The fraction of sp³-hybridized carbons (Fsp3) is 0.650. The summed E-state index contributed by atoms with van der Waals surface area (Å²) in [6.45, 7) is 2.49. The van der Waals surface area contributed by atoms with Gasteiger partial charge in [-0.2, -0.15) is 8.42 Å². The lowest BCUT2D eigenvalue weighted by atomic mass is 10.1. The van der Waals surface area contributed by atoms with E-state index >= 15 is 0 Å². The lowest BCUT2D eigenvalue weighted by Crippen LogP contribution is -2.12. The number of ether oxygens (including phenoxy) is 1. The van der Waals surface area contributed by atoms with Crippen molar-refractivity contribution in [3.05, 3.63) is 29.8 Å². The molecule has 0 aliphatic carbocycles. The van der Waals surface area contributed by atoms with E-state index in [0.29, 0.717) is 0 Å². The van der Waals surface area contributed by atoms with Crippen molar-refractivity contribution < 1.29 is 22.5 Å². The highest BCUT2D eigenvalue weighted by atomic mass is 32.2. The van der Waals surface area contributed by atoms with Gasteiger partial charge in [0.15, 0.2) is 0 Å². The Labute approximate surface area is 157 Å². The van der Waals surface area contributed by atoms with Gasteiger partial charge in [0.2, 0.25) is 0 Å². The number of hydrogen-bond acceptors (Lipinski definition) is 4. The predicted octanol–water partition coefficient (Wildman–Crippen LogP) is 5.40. The second-order valence-corrected chi connectivity index (χ2v) is 8.03. The SMILES string of the molecule is CCCCCCCCCCCCCOC(=O)c1ccccc1S(=O)(=O)O. The Morgan fingerprint density at radius 2 is 1.38 bits per heavy atom. The van der Waals surface area contributed by atoms with E-state index in [9.17, 15) is 13.2 Å². The normalized spacial score (nSPS) is 11.5. The van der Waals surface area contributed by atoms with Crippen molar-refractivity contribution in [2.75, 3.05) is 6.61 Å². The Morgan fingerprint density at radius 3 is 1.92 bits per heavy atom. The maximum atomic E-state index is 12.0. The van der Waals surface area contributed by atoms with Gasteiger partial charge in [-0.15, -0.1) is 0 Å². The summed E-state index contributed by atoms with van der Waals surface area (Å²) in [6, 6.07) is 5.51. The van der Waals surface area contributed by atoms with E-state index in [-0.39, 0.29) is 12.2 Å². The minimum absolute atomic E-state index is 0.127. The number of hydrogen-bond donors (Lipinski definition) is 1. The molecule has 26 heavy (non-hydrogen) atoms. The van der Waals surface area contributed by atoms with Crippen molar-refractivity contribution >= 4 is 16.1 Å². The summed E-state index contributed by atoms with van der Waals surface area (Å²) in [5, 5.41) is 0. The fourth-order valence-corrected chi connectivity index (χ4v) is 3.55. The van der Waals surface area contributed by atoms with Gasteiger partial charge in [-0.1, -0.05) is 83.3 Å². The summed E-state index contributed by atoms with van der Waals surface area (Å²) >= 11 is 0.